The highest BCUT2D eigenvalue weighted by atomic mass is 16.5. The number of aromatic nitrogens is 1. The lowest BCUT2D eigenvalue weighted by molar-refractivity contribution is -0.154. The zero-order chi connectivity index (χ0) is 16.4. The van der Waals surface area contributed by atoms with Crippen LogP contribution in [0.4, 0.5) is 0 Å². The number of methoxy groups -OCH3 is 1. The minimum Gasteiger partial charge on any atom is -0.456 e. The third-order valence-corrected chi connectivity index (χ3v) is 3.90. The zero-order valence-electron chi connectivity index (χ0n) is 12.6. The fourth-order valence-corrected chi connectivity index (χ4v) is 2.72. The fourth-order valence-electron chi connectivity index (χ4n) is 2.72. The molecule has 1 aromatic rings. The molecule has 0 aromatic carbocycles. The average Bonchev–Trinajstić information content (AvgIpc) is 3.26. The molecule has 23 heavy (non-hydrogen) atoms. The highest BCUT2D eigenvalue weighted by Gasteiger charge is 2.45. The second-order valence-electron chi connectivity index (χ2n) is 5.31. The molecule has 0 radical (unpaired) electrons. The molecule has 3 heterocycles. The lowest BCUT2D eigenvalue weighted by Gasteiger charge is -2.30. The van der Waals surface area contributed by atoms with Crippen LogP contribution in [-0.4, -0.2) is 65.8 Å². The van der Waals surface area contributed by atoms with Gasteiger partial charge in [-0.1, -0.05) is 6.08 Å². The molecule has 1 fully saturated rings. The van der Waals surface area contributed by atoms with E-state index in [9.17, 15) is 14.7 Å². The van der Waals surface area contributed by atoms with Crippen LogP contribution >= 0.6 is 0 Å². The van der Waals surface area contributed by atoms with Gasteiger partial charge in [-0.2, -0.15) is 0 Å². The Kier molecular flexibility index (Phi) is 4.46. The molecule has 0 aliphatic carbocycles. The minimum absolute atomic E-state index is 0.00116. The van der Waals surface area contributed by atoms with Crippen molar-refractivity contribution in [3.8, 4) is 0 Å². The number of esters is 1. The normalized spacial score (nSPS) is 27.4. The Balaban J connectivity index is 1.66. The van der Waals surface area contributed by atoms with Crippen molar-refractivity contribution in [2.24, 2.45) is 0 Å². The number of aliphatic hydroxyl groups is 1. The van der Waals surface area contributed by atoms with Gasteiger partial charge in [0, 0.05) is 25.3 Å². The van der Waals surface area contributed by atoms with Crippen LogP contribution in [0, 0.1) is 0 Å². The average molecular weight is 322 g/mol. The molecule has 8 heteroatoms. The summed E-state index contributed by atoms with van der Waals surface area (Å²) in [6, 6.07) is 3.31. The SMILES string of the molecule is CO[C@H]1C[C@@H](O)C(=O)N1[C@H]1OCC=C1COC(=O)c1ccc[nH]1. The summed E-state index contributed by atoms with van der Waals surface area (Å²) in [5.41, 5.74) is 0.998. The van der Waals surface area contributed by atoms with Crippen LogP contribution in [0.15, 0.2) is 30.0 Å². The third-order valence-electron chi connectivity index (χ3n) is 3.90. The lowest BCUT2D eigenvalue weighted by atomic mass is 10.2. The molecule has 2 N–H and O–H groups in total. The largest absolute Gasteiger partial charge is 0.456 e. The highest BCUT2D eigenvalue weighted by Crippen LogP contribution is 2.29. The minimum atomic E-state index is -1.10. The monoisotopic (exact) mass is 322 g/mol. The van der Waals surface area contributed by atoms with E-state index >= 15 is 0 Å². The third kappa shape index (κ3) is 3.00. The number of hydrogen-bond acceptors (Lipinski definition) is 6. The molecule has 1 saturated heterocycles. The van der Waals surface area contributed by atoms with Crippen LogP contribution in [0.25, 0.3) is 0 Å². The predicted octanol–water partition coefficient (Wildman–Crippen LogP) is 0.0199. The first kappa shape index (κ1) is 15.7. The lowest BCUT2D eigenvalue weighted by Crippen LogP contribution is -2.45. The smallest absolute Gasteiger partial charge is 0.355 e. The number of H-pyrrole nitrogens is 1. The first-order valence-electron chi connectivity index (χ1n) is 7.26. The van der Waals surface area contributed by atoms with E-state index in [1.807, 2.05) is 0 Å². The summed E-state index contributed by atoms with van der Waals surface area (Å²) in [5, 5.41) is 9.72. The van der Waals surface area contributed by atoms with Crippen molar-refractivity contribution in [2.75, 3.05) is 20.3 Å². The number of aromatic amines is 1. The summed E-state index contributed by atoms with van der Waals surface area (Å²) < 4.78 is 16.0. The van der Waals surface area contributed by atoms with E-state index in [4.69, 9.17) is 14.2 Å². The van der Waals surface area contributed by atoms with Gasteiger partial charge in [0.05, 0.1) is 6.61 Å². The number of nitrogens with one attached hydrogen (secondary N) is 1. The van der Waals surface area contributed by atoms with Gasteiger partial charge >= 0.3 is 5.97 Å². The fraction of sp³-hybridized carbons (Fsp3) is 0.467. The van der Waals surface area contributed by atoms with Crippen LogP contribution < -0.4 is 0 Å². The van der Waals surface area contributed by atoms with Crippen molar-refractivity contribution in [1.29, 1.82) is 0 Å². The van der Waals surface area contributed by atoms with Crippen LogP contribution in [0.2, 0.25) is 0 Å². The molecule has 0 spiro atoms. The molecule has 8 nitrogen and oxygen atoms in total. The molecule has 2 aliphatic heterocycles. The summed E-state index contributed by atoms with van der Waals surface area (Å²) in [7, 11) is 1.46. The molecule has 3 rings (SSSR count). The number of rotatable bonds is 5. The maximum absolute atomic E-state index is 12.1. The van der Waals surface area contributed by atoms with E-state index < -0.39 is 30.4 Å². The molecular weight excluding hydrogens is 304 g/mol. The standard InChI is InChI=1S/C15H18N2O6/c1-21-12-7-11(18)13(19)17(12)14-9(4-6-22-14)8-23-15(20)10-3-2-5-16-10/h2-5,11-12,14,16,18H,6-8H2,1H3/t11-,12+,14+/m1/s1. The van der Waals surface area contributed by atoms with Crippen molar-refractivity contribution in [1.82, 2.24) is 9.88 Å². The number of carbonyl (C=O) groups excluding carboxylic acids is 2. The van der Waals surface area contributed by atoms with Gasteiger partial charge in [-0.3, -0.25) is 9.69 Å². The zero-order valence-corrected chi connectivity index (χ0v) is 12.6. The van der Waals surface area contributed by atoms with E-state index in [1.165, 1.54) is 12.0 Å². The Bertz CT molecular complexity index is 611. The Morgan fingerprint density at radius 2 is 2.39 bits per heavy atom. The predicted molar refractivity (Wildman–Crippen MR) is 77.2 cm³/mol. The molecule has 0 unspecified atom stereocenters. The van der Waals surface area contributed by atoms with Gasteiger partial charge in [0.15, 0.2) is 6.23 Å². The quantitative estimate of drug-likeness (QED) is 0.585. The summed E-state index contributed by atoms with van der Waals surface area (Å²) in [4.78, 5) is 28.1. The Labute approximate surface area is 132 Å². The van der Waals surface area contributed by atoms with Crippen molar-refractivity contribution >= 4 is 11.9 Å². The summed E-state index contributed by atoms with van der Waals surface area (Å²) >= 11 is 0. The van der Waals surface area contributed by atoms with Crippen molar-refractivity contribution < 1.29 is 28.9 Å². The molecule has 124 valence electrons. The van der Waals surface area contributed by atoms with E-state index in [0.717, 1.165) is 0 Å². The van der Waals surface area contributed by atoms with Gasteiger partial charge in [-0.05, 0) is 12.1 Å². The Morgan fingerprint density at radius 3 is 3.09 bits per heavy atom. The van der Waals surface area contributed by atoms with E-state index in [2.05, 4.69) is 4.98 Å². The van der Waals surface area contributed by atoms with Crippen molar-refractivity contribution in [2.45, 2.75) is 25.0 Å². The van der Waals surface area contributed by atoms with Gasteiger partial charge in [-0.15, -0.1) is 0 Å². The summed E-state index contributed by atoms with van der Waals surface area (Å²) in [5.74, 6) is -0.942. The molecule has 3 atom stereocenters. The first-order valence-corrected chi connectivity index (χ1v) is 7.26. The van der Waals surface area contributed by atoms with Gasteiger partial charge < -0.3 is 24.3 Å². The van der Waals surface area contributed by atoms with Crippen molar-refractivity contribution in [3.63, 3.8) is 0 Å². The number of carbonyl (C=O) groups is 2. The van der Waals surface area contributed by atoms with Crippen LogP contribution in [0.1, 0.15) is 16.9 Å². The Morgan fingerprint density at radius 1 is 1.57 bits per heavy atom. The number of aliphatic hydroxyl groups excluding tert-OH is 1. The number of amides is 1. The van der Waals surface area contributed by atoms with Gasteiger partial charge in [0.2, 0.25) is 0 Å². The van der Waals surface area contributed by atoms with Crippen LogP contribution in [0.3, 0.4) is 0 Å². The molecule has 2 aliphatic rings. The molecule has 0 saturated carbocycles. The maximum Gasteiger partial charge on any atom is 0.355 e. The molecule has 1 aromatic heterocycles. The van der Waals surface area contributed by atoms with E-state index in [1.54, 1.807) is 24.4 Å². The number of ether oxygens (including phenoxy) is 3. The van der Waals surface area contributed by atoms with E-state index in [0.29, 0.717) is 17.9 Å². The second-order valence-corrected chi connectivity index (χ2v) is 5.31. The van der Waals surface area contributed by atoms with Gasteiger partial charge in [0.25, 0.3) is 5.91 Å². The van der Waals surface area contributed by atoms with Gasteiger partial charge in [-0.25, -0.2) is 4.79 Å². The number of likely N-dealkylation sites (tertiary alicyclic amines) is 1. The molecule has 0 bridgehead atoms. The van der Waals surface area contributed by atoms with Crippen molar-refractivity contribution in [3.05, 3.63) is 35.7 Å². The number of nitrogens with zero attached hydrogens (tertiary/aromatic N) is 1. The van der Waals surface area contributed by atoms with Crippen LogP contribution in [0.5, 0.6) is 0 Å². The number of hydrogen-bond donors (Lipinski definition) is 2. The summed E-state index contributed by atoms with van der Waals surface area (Å²) in [6.07, 6.45) is 1.21. The molecule has 1 amide bonds. The maximum atomic E-state index is 12.1. The first-order chi connectivity index (χ1) is 11.1. The van der Waals surface area contributed by atoms with Gasteiger partial charge in [0.1, 0.15) is 24.6 Å². The highest BCUT2D eigenvalue weighted by molar-refractivity contribution is 5.87. The molecular formula is C15H18N2O6. The summed E-state index contributed by atoms with van der Waals surface area (Å²) in [6.45, 7) is 0.301. The van der Waals surface area contributed by atoms with Crippen LogP contribution in [-0.2, 0) is 19.0 Å². The Hall–Kier alpha value is -2.16. The topological polar surface area (TPSA) is 101 Å². The second kappa shape index (κ2) is 6.53. The van der Waals surface area contributed by atoms with E-state index in [-0.39, 0.29) is 13.0 Å².